The first-order valence-corrected chi connectivity index (χ1v) is 7.17. The minimum atomic E-state index is -0.434. The zero-order chi connectivity index (χ0) is 15.8. The summed E-state index contributed by atoms with van der Waals surface area (Å²) < 4.78 is -0.434. The lowest BCUT2D eigenvalue weighted by Gasteiger charge is -2.35. The van der Waals surface area contributed by atoms with E-state index in [1.807, 2.05) is 12.1 Å². The van der Waals surface area contributed by atoms with Gasteiger partial charge in [0.1, 0.15) is 12.3 Å². The number of aromatic hydroxyl groups is 1. The fraction of sp³-hybridized carbons (Fsp3) is 0.647. The van der Waals surface area contributed by atoms with Crippen LogP contribution in [0.5, 0.6) is 5.75 Å². The van der Waals surface area contributed by atoms with Crippen molar-refractivity contribution in [2.75, 3.05) is 14.1 Å². The Balaban J connectivity index is 3.11. The van der Waals surface area contributed by atoms with Crippen LogP contribution in [0.15, 0.2) is 18.2 Å². The lowest BCUT2D eigenvalue weighted by molar-refractivity contribution is -0.853. The average Bonchev–Trinajstić information content (AvgIpc) is 2.15. The number of hydroxylamine groups is 3. The molecular formula is C17H29NO2. The Morgan fingerprint density at radius 3 is 2.10 bits per heavy atom. The maximum Gasteiger partial charge on any atom is 0.124 e. The summed E-state index contributed by atoms with van der Waals surface area (Å²) in [6.45, 7) is 11.4. The third-order valence-corrected chi connectivity index (χ3v) is 3.38. The van der Waals surface area contributed by atoms with Crippen LogP contribution < -0.4 is 0 Å². The highest BCUT2D eigenvalue weighted by atomic mass is 16.5. The predicted molar refractivity (Wildman–Crippen MR) is 84.4 cm³/mol. The van der Waals surface area contributed by atoms with Crippen molar-refractivity contribution >= 4 is 0 Å². The number of hydrogen-bond acceptors (Lipinski definition) is 2. The molecule has 3 heteroatoms. The van der Waals surface area contributed by atoms with Gasteiger partial charge in [0.25, 0.3) is 0 Å². The van der Waals surface area contributed by atoms with Crippen LogP contribution in [0, 0.1) is 10.6 Å². The van der Waals surface area contributed by atoms with Crippen LogP contribution in [0.4, 0.5) is 0 Å². The highest BCUT2D eigenvalue weighted by Gasteiger charge is 2.28. The molecule has 1 rings (SSSR count). The van der Waals surface area contributed by atoms with Crippen molar-refractivity contribution in [3.63, 3.8) is 0 Å². The van der Waals surface area contributed by atoms with E-state index in [0.29, 0.717) is 0 Å². The van der Waals surface area contributed by atoms with Crippen molar-refractivity contribution in [1.82, 2.24) is 0 Å². The van der Waals surface area contributed by atoms with Gasteiger partial charge in [-0.05, 0) is 34.9 Å². The van der Waals surface area contributed by atoms with E-state index in [2.05, 4.69) is 34.6 Å². The van der Waals surface area contributed by atoms with E-state index in [-0.39, 0.29) is 23.1 Å². The van der Waals surface area contributed by atoms with Gasteiger partial charge in [0.05, 0.1) is 14.1 Å². The molecule has 0 unspecified atom stereocenters. The van der Waals surface area contributed by atoms with E-state index in [1.165, 1.54) is 5.56 Å². The van der Waals surface area contributed by atoms with E-state index in [4.69, 9.17) is 0 Å². The first-order chi connectivity index (χ1) is 8.80. The Hall–Kier alpha value is -1.06. The fourth-order valence-electron chi connectivity index (χ4n) is 2.97. The maximum absolute atomic E-state index is 11.8. The van der Waals surface area contributed by atoms with Crippen molar-refractivity contribution in [2.24, 2.45) is 5.41 Å². The zero-order valence-electron chi connectivity index (χ0n) is 13.9. The SMILES string of the molecule is CC(C)(C)CC(C)(C)c1ccc(O)c(C[N+](C)(C)[O-])c1. The van der Waals surface area contributed by atoms with Crippen LogP contribution >= 0.6 is 0 Å². The Kier molecular flexibility index (Phi) is 4.57. The van der Waals surface area contributed by atoms with E-state index < -0.39 is 4.65 Å². The van der Waals surface area contributed by atoms with Crippen molar-refractivity contribution in [3.05, 3.63) is 34.5 Å². The maximum atomic E-state index is 11.8. The number of nitrogens with zero attached hydrogens (tertiary/aromatic N) is 1. The lowest BCUT2D eigenvalue weighted by atomic mass is 9.72. The minimum Gasteiger partial charge on any atom is -0.633 e. The molecular weight excluding hydrogens is 250 g/mol. The third kappa shape index (κ3) is 5.14. The molecule has 3 nitrogen and oxygen atoms in total. The number of phenolic OH excluding ortho intramolecular Hbond substituents is 1. The third-order valence-electron chi connectivity index (χ3n) is 3.38. The quantitative estimate of drug-likeness (QED) is 0.663. The molecule has 1 N–H and O–H groups in total. The Bertz CT molecular complexity index is 465. The van der Waals surface area contributed by atoms with Gasteiger partial charge in [0, 0.05) is 5.56 Å². The van der Waals surface area contributed by atoms with Crippen molar-refractivity contribution in [3.8, 4) is 5.75 Å². The smallest absolute Gasteiger partial charge is 0.124 e. The second kappa shape index (κ2) is 5.38. The molecule has 20 heavy (non-hydrogen) atoms. The molecule has 114 valence electrons. The lowest BCUT2D eigenvalue weighted by Crippen LogP contribution is -2.31. The second-order valence-electron chi connectivity index (χ2n) is 8.20. The summed E-state index contributed by atoms with van der Waals surface area (Å²) >= 11 is 0. The van der Waals surface area contributed by atoms with Crippen LogP contribution in [0.1, 0.15) is 52.2 Å². The van der Waals surface area contributed by atoms with Gasteiger partial charge in [-0.1, -0.05) is 40.7 Å². The summed E-state index contributed by atoms with van der Waals surface area (Å²) in [5, 5.41) is 21.8. The first-order valence-electron chi connectivity index (χ1n) is 7.17. The summed E-state index contributed by atoms with van der Waals surface area (Å²) in [5.74, 6) is 0.211. The molecule has 0 aliphatic heterocycles. The van der Waals surface area contributed by atoms with Crippen molar-refractivity contribution < 1.29 is 9.75 Å². The summed E-state index contributed by atoms with van der Waals surface area (Å²) in [4.78, 5) is 0. The summed E-state index contributed by atoms with van der Waals surface area (Å²) in [7, 11) is 3.18. The highest BCUT2D eigenvalue weighted by Crippen LogP contribution is 2.37. The number of benzene rings is 1. The Morgan fingerprint density at radius 1 is 1.10 bits per heavy atom. The van der Waals surface area contributed by atoms with E-state index in [0.717, 1.165) is 12.0 Å². The van der Waals surface area contributed by atoms with E-state index in [9.17, 15) is 10.3 Å². The number of rotatable bonds is 4. The van der Waals surface area contributed by atoms with Gasteiger partial charge in [-0.15, -0.1) is 0 Å². The standard InChI is InChI=1S/C17H29NO2/c1-16(2,3)12-17(4,5)14-8-9-15(19)13(10-14)11-18(6,7)20/h8-10,19H,11-12H2,1-7H3. The molecule has 0 amide bonds. The predicted octanol–water partition coefficient (Wildman–Crippen LogP) is 4.18. The minimum absolute atomic E-state index is 0.0146. The number of hydrogen-bond donors (Lipinski definition) is 1. The number of quaternary nitrogens is 1. The van der Waals surface area contributed by atoms with E-state index >= 15 is 0 Å². The molecule has 1 aromatic rings. The van der Waals surface area contributed by atoms with Crippen LogP contribution in [-0.4, -0.2) is 23.8 Å². The normalized spacial score (nSPS) is 13.6. The van der Waals surface area contributed by atoms with Crippen LogP contribution in [0.3, 0.4) is 0 Å². The van der Waals surface area contributed by atoms with Gasteiger partial charge in [0.2, 0.25) is 0 Å². The molecule has 0 fully saturated rings. The zero-order valence-corrected chi connectivity index (χ0v) is 13.9. The highest BCUT2D eigenvalue weighted by molar-refractivity contribution is 5.38. The Labute approximate surface area is 123 Å². The first kappa shape index (κ1) is 17.0. The molecule has 0 saturated heterocycles. The molecule has 0 heterocycles. The largest absolute Gasteiger partial charge is 0.633 e. The van der Waals surface area contributed by atoms with Gasteiger partial charge in [-0.2, -0.15) is 0 Å². The van der Waals surface area contributed by atoms with Gasteiger partial charge < -0.3 is 15.0 Å². The molecule has 0 bridgehead atoms. The molecule has 0 atom stereocenters. The van der Waals surface area contributed by atoms with Gasteiger partial charge in [-0.3, -0.25) is 0 Å². The van der Waals surface area contributed by atoms with Crippen LogP contribution in [0.25, 0.3) is 0 Å². The van der Waals surface area contributed by atoms with Crippen molar-refractivity contribution in [1.29, 1.82) is 0 Å². The molecule has 0 aliphatic carbocycles. The van der Waals surface area contributed by atoms with Gasteiger partial charge in [-0.25, -0.2) is 0 Å². The fourth-order valence-corrected chi connectivity index (χ4v) is 2.97. The average molecular weight is 279 g/mol. The van der Waals surface area contributed by atoms with Crippen LogP contribution in [-0.2, 0) is 12.0 Å². The molecule has 0 aliphatic rings. The summed E-state index contributed by atoms with van der Waals surface area (Å²) in [6, 6.07) is 5.67. The summed E-state index contributed by atoms with van der Waals surface area (Å²) in [6.07, 6.45) is 1.04. The van der Waals surface area contributed by atoms with E-state index in [1.54, 1.807) is 20.2 Å². The molecule has 0 aromatic heterocycles. The second-order valence-corrected chi connectivity index (χ2v) is 8.20. The monoisotopic (exact) mass is 279 g/mol. The molecule has 0 radical (unpaired) electrons. The molecule has 1 aromatic carbocycles. The Morgan fingerprint density at radius 2 is 1.65 bits per heavy atom. The molecule has 0 saturated carbocycles. The van der Waals surface area contributed by atoms with Gasteiger partial charge in [0.15, 0.2) is 0 Å². The molecule has 0 spiro atoms. The topological polar surface area (TPSA) is 43.3 Å². The van der Waals surface area contributed by atoms with Crippen LogP contribution in [0.2, 0.25) is 0 Å². The summed E-state index contributed by atoms with van der Waals surface area (Å²) in [5.41, 5.74) is 2.15. The number of phenols is 1. The van der Waals surface area contributed by atoms with Gasteiger partial charge >= 0.3 is 0 Å². The van der Waals surface area contributed by atoms with Crippen molar-refractivity contribution in [2.45, 2.75) is 53.0 Å².